The topological polar surface area (TPSA) is 57.0 Å². The SMILES string of the molecule is NC(CCc1ccco1)Cc1ccn(C2CCCC2)n1. The van der Waals surface area contributed by atoms with Crippen molar-refractivity contribution in [1.29, 1.82) is 0 Å². The van der Waals surface area contributed by atoms with Gasteiger partial charge in [0.15, 0.2) is 0 Å². The van der Waals surface area contributed by atoms with Gasteiger partial charge in [-0.25, -0.2) is 0 Å². The fraction of sp³-hybridized carbons (Fsp3) is 0.562. The molecule has 0 spiro atoms. The molecule has 1 atom stereocenters. The van der Waals surface area contributed by atoms with Gasteiger partial charge in [-0.2, -0.15) is 5.10 Å². The smallest absolute Gasteiger partial charge is 0.103 e. The van der Waals surface area contributed by atoms with Crippen LogP contribution >= 0.6 is 0 Å². The highest BCUT2D eigenvalue weighted by molar-refractivity contribution is 5.03. The molecule has 20 heavy (non-hydrogen) atoms. The standard InChI is InChI=1S/C16H23N3O/c17-13(7-8-16-6-3-11-20-16)12-14-9-10-19(18-14)15-4-1-2-5-15/h3,6,9-11,13,15H,1-2,4-5,7-8,12,17H2. The van der Waals surface area contributed by atoms with E-state index in [9.17, 15) is 0 Å². The summed E-state index contributed by atoms with van der Waals surface area (Å²) in [5, 5.41) is 4.69. The molecule has 0 bridgehead atoms. The molecular weight excluding hydrogens is 250 g/mol. The van der Waals surface area contributed by atoms with E-state index in [1.54, 1.807) is 6.26 Å². The molecule has 1 fully saturated rings. The maximum absolute atomic E-state index is 6.19. The van der Waals surface area contributed by atoms with Crippen molar-refractivity contribution in [2.24, 2.45) is 5.73 Å². The lowest BCUT2D eigenvalue weighted by Gasteiger charge is -2.10. The van der Waals surface area contributed by atoms with Crippen molar-refractivity contribution in [2.75, 3.05) is 0 Å². The Morgan fingerprint density at radius 3 is 2.95 bits per heavy atom. The molecule has 3 rings (SSSR count). The van der Waals surface area contributed by atoms with Gasteiger partial charge in [0.2, 0.25) is 0 Å². The number of furan rings is 1. The van der Waals surface area contributed by atoms with Crippen LogP contribution in [0.4, 0.5) is 0 Å². The Morgan fingerprint density at radius 1 is 1.35 bits per heavy atom. The van der Waals surface area contributed by atoms with Crippen LogP contribution in [-0.4, -0.2) is 15.8 Å². The summed E-state index contributed by atoms with van der Waals surface area (Å²) in [6, 6.07) is 6.80. The number of hydrogen-bond acceptors (Lipinski definition) is 3. The lowest BCUT2D eigenvalue weighted by Crippen LogP contribution is -2.23. The van der Waals surface area contributed by atoms with Gasteiger partial charge >= 0.3 is 0 Å². The highest BCUT2D eigenvalue weighted by Gasteiger charge is 2.18. The minimum atomic E-state index is 0.145. The molecule has 0 amide bonds. The zero-order chi connectivity index (χ0) is 13.8. The summed E-state index contributed by atoms with van der Waals surface area (Å²) in [7, 11) is 0. The molecule has 1 saturated carbocycles. The quantitative estimate of drug-likeness (QED) is 0.880. The van der Waals surface area contributed by atoms with Crippen LogP contribution < -0.4 is 5.73 Å². The van der Waals surface area contributed by atoms with E-state index in [1.165, 1.54) is 25.7 Å². The highest BCUT2D eigenvalue weighted by Crippen LogP contribution is 2.28. The van der Waals surface area contributed by atoms with Gasteiger partial charge in [0, 0.05) is 25.1 Å². The Hall–Kier alpha value is -1.55. The van der Waals surface area contributed by atoms with E-state index in [-0.39, 0.29) is 6.04 Å². The monoisotopic (exact) mass is 273 g/mol. The summed E-state index contributed by atoms with van der Waals surface area (Å²) in [5.41, 5.74) is 7.31. The molecular formula is C16H23N3O. The molecule has 2 aromatic heterocycles. The Bertz CT molecular complexity index is 512. The molecule has 2 N–H and O–H groups in total. The molecule has 4 heteroatoms. The van der Waals surface area contributed by atoms with Crippen molar-refractivity contribution in [2.45, 2.75) is 57.0 Å². The van der Waals surface area contributed by atoms with E-state index in [0.29, 0.717) is 6.04 Å². The molecule has 1 aliphatic rings. The van der Waals surface area contributed by atoms with E-state index in [1.807, 2.05) is 12.1 Å². The molecule has 2 heterocycles. The Balaban J connectivity index is 1.49. The summed E-state index contributed by atoms with van der Waals surface area (Å²) in [6.45, 7) is 0. The minimum Gasteiger partial charge on any atom is -0.469 e. The van der Waals surface area contributed by atoms with Gasteiger partial charge in [0.25, 0.3) is 0 Å². The summed E-state index contributed by atoms with van der Waals surface area (Å²) >= 11 is 0. The third kappa shape index (κ3) is 3.31. The maximum atomic E-state index is 6.19. The van der Waals surface area contributed by atoms with Crippen molar-refractivity contribution in [3.63, 3.8) is 0 Å². The van der Waals surface area contributed by atoms with E-state index < -0.39 is 0 Å². The number of aromatic nitrogens is 2. The van der Waals surface area contributed by atoms with Crippen molar-refractivity contribution in [3.05, 3.63) is 42.1 Å². The van der Waals surface area contributed by atoms with Gasteiger partial charge in [-0.15, -0.1) is 0 Å². The van der Waals surface area contributed by atoms with Crippen molar-refractivity contribution >= 4 is 0 Å². The van der Waals surface area contributed by atoms with Crippen molar-refractivity contribution in [1.82, 2.24) is 9.78 Å². The summed E-state index contributed by atoms with van der Waals surface area (Å²) < 4.78 is 7.47. The van der Waals surface area contributed by atoms with Gasteiger partial charge in [-0.3, -0.25) is 4.68 Å². The number of nitrogens with zero attached hydrogens (tertiary/aromatic N) is 2. The molecule has 1 aliphatic carbocycles. The Morgan fingerprint density at radius 2 is 2.20 bits per heavy atom. The van der Waals surface area contributed by atoms with Crippen LogP contribution in [-0.2, 0) is 12.8 Å². The van der Waals surface area contributed by atoms with Gasteiger partial charge < -0.3 is 10.2 Å². The first-order valence-corrected chi connectivity index (χ1v) is 7.63. The molecule has 0 aromatic carbocycles. The number of rotatable bonds is 6. The van der Waals surface area contributed by atoms with Crippen molar-refractivity contribution in [3.8, 4) is 0 Å². The second-order valence-corrected chi connectivity index (χ2v) is 5.81. The third-order valence-corrected chi connectivity index (χ3v) is 4.18. The molecule has 2 aromatic rings. The van der Waals surface area contributed by atoms with Gasteiger partial charge in [0.05, 0.1) is 18.0 Å². The van der Waals surface area contributed by atoms with Crippen LogP contribution in [0.15, 0.2) is 35.1 Å². The van der Waals surface area contributed by atoms with Crippen LogP contribution in [0.25, 0.3) is 0 Å². The number of hydrogen-bond donors (Lipinski definition) is 1. The third-order valence-electron chi connectivity index (χ3n) is 4.18. The minimum absolute atomic E-state index is 0.145. The molecule has 0 radical (unpaired) electrons. The van der Waals surface area contributed by atoms with Crippen molar-refractivity contribution < 1.29 is 4.42 Å². The van der Waals surface area contributed by atoms with Crippen LogP contribution in [0.1, 0.15) is 49.6 Å². The lowest BCUT2D eigenvalue weighted by atomic mass is 10.1. The van der Waals surface area contributed by atoms with Gasteiger partial charge in [0.1, 0.15) is 5.76 Å². The molecule has 0 aliphatic heterocycles. The van der Waals surface area contributed by atoms with Crippen LogP contribution in [0.5, 0.6) is 0 Å². The maximum Gasteiger partial charge on any atom is 0.103 e. The second kappa shape index (κ2) is 6.27. The Kier molecular flexibility index (Phi) is 4.21. The van der Waals surface area contributed by atoms with Gasteiger partial charge in [-0.05, 0) is 37.5 Å². The van der Waals surface area contributed by atoms with Crippen LogP contribution in [0, 0.1) is 0 Å². The predicted octanol–water partition coefficient (Wildman–Crippen LogP) is 3.09. The largest absolute Gasteiger partial charge is 0.469 e. The molecule has 1 unspecified atom stereocenters. The van der Waals surface area contributed by atoms with Crippen LogP contribution in [0.2, 0.25) is 0 Å². The first-order chi connectivity index (χ1) is 9.81. The molecule has 0 saturated heterocycles. The average Bonchev–Trinajstić information content (AvgIpc) is 3.18. The first-order valence-electron chi connectivity index (χ1n) is 7.63. The summed E-state index contributed by atoms with van der Waals surface area (Å²) in [5.74, 6) is 1.01. The summed E-state index contributed by atoms with van der Waals surface area (Å²) in [6.07, 6.45) is 11.7. The fourth-order valence-corrected chi connectivity index (χ4v) is 3.01. The zero-order valence-electron chi connectivity index (χ0n) is 11.9. The lowest BCUT2D eigenvalue weighted by molar-refractivity contribution is 0.457. The normalized spacial score (nSPS) is 17.6. The fourth-order valence-electron chi connectivity index (χ4n) is 3.01. The predicted molar refractivity (Wildman–Crippen MR) is 78.4 cm³/mol. The van der Waals surface area contributed by atoms with E-state index in [2.05, 4.69) is 16.9 Å². The summed E-state index contributed by atoms with van der Waals surface area (Å²) in [4.78, 5) is 0. The van der Waals surface area contributed by atoms with Gasteiger partial charge in [-0.1, -0.05) is 12.8 Å². The Labute approximate surface area is 120 Å². The van der Waals surface area contributed by atoms with E-state index in [0.717, 1.165) is 30.7 Å². The second-order valence-electron chi connectivity index (χ2n) is 5.81. The average molecular weight is 273 g/mol. The molecule has 4 nitrogen and oxygen atoms in total. The molecule has 108 valence electrons. The first kappa shape index (κ1) is 13.4. The van der Waals surface area contributed by atoms with E-state index in [4.69, 9.17) is 15.2 Å². The highest BCUT2D eigenvalue weighted by atomic mass is 16.3. The van der Waals surface area contributed by atoms with Crippen LogP contribution in [0.3, 0.4) is 0 Å². The van der Waals surface area contributed by atoms with E-state index >= 15 is 0 Å². The number of nitrogens with two attached hydrogens (primary N) is 1. The number of aryl methyl sites for hydroxylation is 1. The zero-order valence-corrected chi connectivity index (χ0v) is 11.9.